The monoisotopic (exact) mass is 286 g/mol. The second-order valence-electron chi connectivity index (χ2n) is 6.05. The van der Waals surface area contributed by atoms with E-state index in [4.69, 9.17) is 4.42 Å². The lowest BCUT2D eigenvalue weighted by molar-refractivity contribution is -0.704. The molecule has 1 saturated carbocycles. The third-order valence-electron chi connectivity index (χ3n) is 4.39. The maximum atomic E-state index is 9.54. The molecule has 0 bridgehead atoms. The predicted octanol–water partition coefficient (Wildman–Crippen LogP) is 3.01. The SMILES string of the molecule is C[C@H](O)c1ccc(-c2ccc(C[NH2+]C3CCCC3)o2)cc1. The van der Waals surface area contributed by atoms with Crippen LogP contribution in [0.2, 0.25) is 0 Å². The number of hydrogen-bond acceptors (Lipinski definition) is 2. The molecule has 0 aliphatic heterocycles. The lowest BCUT2D eigenvalue weighted by Gasteiger charge is -2.06. The molecule has 1 aromatic carbocycles. The molecule has 1 fully saturated rings. The lowest BCUT2D eigenvalue weighted by atomic mass is 10.1. The number of rotatable bonds is 5. The maximum Gasteiger partial charge on any atom is 0.158 e. The molecule has 0 radical (unpaired) electrons. The minimum atomic E-state index is -0.424. The van der Waals surface area contributed by atoms with Gasteiger partial charge < -0.3 is 14.8 Å². The molecule has 0 spiro atoms. The van der Waals surface area contributed by atoms with Crippen molar-refractivity contribution >= 4 is 0 Å². The van der Waals surface area contributed by atoms with Crippen LogP contribution in [0.25, 0.3) is 11.3 Å². The van der Waals surface area contributed by atoms with Crippen molar-refractivity contribution in [3.63, 3.8) is 0 Å². The van der Waals surface area contributed by atoms with E-state index in [1.54, 1.807) is 6.92 Å². The van der Waals surface area contributed by atoms with Crippen LogP contribution in [0.3, 0.4) is 0 Å². The van der Waals surface area contributed by atoms with E-state index >= 15 is 0 Å². The summed E-state index contributed by atoms with van der Waals surface area (Å²) < 4.78 is 5.94. The molecule has 3 heteroatoms. The normalized spacial score (nSPS) is 17.2. The lowest BCUT2D eigenvalue weighted by Crippen LogP contribution is -2.87. The Balaban J connectivity index is 1.63. The molecule has 1 aliphatic rings. The molecule has 3 nitrogen and oxygen atoms in total. The molecule has 3 rings (SSSR count). The highest BCUT2D eigenvalue weighted by Gasteiger charge is 2.18. The molecule has 21 heavy (non-hydrogen) atoms. The van der Waals surface area contributed by atoms with Gasteiger partial charge in [-0.05, 0) is 50.3 Å². The molecule has 0 amide bonds. The van der Waals surface area contributed by atoms with E-state index in [0.29, 0.717) is 0 Å². The summed E-state index contributed by atoms with van der Waals surface area (Å²) in [4.78, 5) is 0. The molecule has 1 heterocycles. The van der Waals surface area contributed by atoms with Crippen LogP contribution in [0.4, 0.5) is 0 Å². The Morgan fingerprint density at radius 1 is 1.14 bits per heavy atom. The molecular weight excluding hydrogens is 262 g/mol. The summed E-state index contributed by atoms with van der Waals surface area (Å²) in [6.45, 7) is 2.70. The van der Waals surface area contributed by atoms with Crippen LogP contribution >= 0.6 is 0 Å². The molecule has 0 unspecified atom stereocenters. The van der Waals surface area contributed by atoms with Crippen LogP contribution in [-0.4, -0.2) is 11.1 Å². The van der Waals surface area contributed by atoms with E-state index in [1.165, 1.54) is 25.7 Å². The molecule has 0 saturated heterocycles. The van der Waals surface area contributed by atoms with Crippen molar-refractivity contribution in [1.82, 2.24) is 0 Å². The van der Waals surface area contributed by atoms with Gasteiger partial charge in [-0.2, -0.15) is 0 Å². The van der Waals surface area contributed by atoms with Gasteiger partial charge in [0.25, 0.3) is 0 Å². The van der Waals surface area contributed by atoms with Gasteiger partial charge in [0.1, 0.15) is 12.3 Å². The standard InChI is InChI=1S/C18H23NO2/c1-13(20)14-6-8-15(9-7-14)18-11-10-17(21-18)12-19-16-4-2-3-5-16/h6-11,13,16,19-20H,2-5,12H2,1H3/p+1/t13-/m0/s1. The Morgan fingerprint density at radius 3 is 2.52 bits per heavy atom. The average Bonchev–Trinajstić information content (AvgIpc) is 3.17. The van der Waals surface area contributed by atoms with Crippen molar-refractivity contribution in [3.8, 4) is 11.3 Å². The van der Waals surface area contributed by atoms with Gasteiger partial charge in [-0.25, -0.2) is 0 Å². The van der Waals surface area contributed by atoms with Crippen LogP contribution in [0.15, 0.2) is 40.8 Å². The van der Waals surface area contributed by atoms with Gasteiger partial charge in [-0.15, -0.1) is 0 Å². The number of nitrogens with two attached hydrogens (primary N) is 1. The van der Waals surface area contributed by atoms with E-state index in [-0.39, 0.29) is 0 Å². The van der Waals surface area contributed by atoms with Gasteiger partial charge in [0.15, 0.2) is 5.76 Å². The Labute approximate surface area is 126 Å². The molecule has 2 aromatic rings. The fraction of sp³-hybridized carbons (Fsp3) is 0.444. The molecular formula is C18H24NO2+. The first-order valence-corrected chi connectivity index (χ1v) is 7.93. The molecule has 3 N–H and O–H groups in total. The summed E-state index contributed by atoms with van der Waals surface area (Å²) in [7, 11) is 0. The number of hydrogen-bond donors (Lipinski definition) is 2. The Hall–Kier alpha value is -1.58. The summed E-state index contributed by atoms with van der Waals surface area (Å²) in [6.07, 6.45) is 5.01. The molecule has 1 aliphatic carbocycles. The molecule has 1 atom stereocenters. The van der Waals surface area contributed by atoms with Crippen molar-refractivity contribution in [1.29, 1.82) is 0 Å². The van der Waals surface area contributed by atoms with Gasteiger partial charge in [0.05, 0.1) is 12.1 Å². The number of aliphatic hydroxyl groups is 1. The summed E-state index contributed by atoms with van der Waals surface area (Å²) in [5, 5.41) is 11.9. The van der Waals surface area contributed by atoms with E-state index in [2.05, 4.69) is 11.4 Å². The summed E-state index contributed by atoms with van der Waals surface area (Å²) in [5.41, 5.74) is 1.99. The molecule has 1 aromatic heterocycles. The highest BCUT2D eigenvalue weighted by Crippen LogP contribution is 2.24. The minimum Gasteiger partial charge on any atom is -0.455 e. The van der Waals surface area contributed by atoms with E-state index in [0.717, 1.165) is 35.2 Å². The predicted molar refractivity (Wildman–Crippen MR) is 82.7 cm³/mol. The third kappa shape index (κ3) is 3.55. The number of benzene rings is 1. The summed E-state index contributed by atoms with van der Waals surface area (Å²) in [5.74, 6) is 1.94. The largest absolute Gasteiger partial charge is 0.455 e. The number of quaternary nitrogens is 1. The Bertz CT molecular complexity index is 565. The van der Waals surface area contributed by atoms with Crippen molar-refractivity contribution in [2.75, 3.05) is 0 Å². The number of furan rings is 1. The van der Waals surface area contributed by atoms with Gasteiger partial charge >= 0.3 is 0 Å². The first-order valence-electron chi connectivity index (χ1n) is 7.93. The van der Waals surface area contributed by atoms with E-state index in [1.807, 2.05) is 30.3 Å². The van der Waals surface area contributed by atoms with Crippen LogP contribution < -0.4 is 5.32 Å². The van der Waals surface area contributed by atoms with Crippen LogP contribution in [0.5, 0.6) is 0 Å². The Kier molecular flexibility index (Phi) is 4.42. The van der Waals surface area contributed by atoms with E-state index < -0.39 is 6.10 Å². The average molecular weight is 286 g/mol. The Morgan fingerprint density at radius 2 is 1.86 bits per heavy atom. The number of aliphatic hydroxyl groups excluding tert-OH is 1. The summed E-state index contributed by atoms with van der Waals surface area (Å²) >= 11 is 0. The third-order valence-corrected chi connectivity index (χ3v) is 4.39. The van der Waals surface area contributed by atoms with Crippen molar-refractivity contribution in [2.24, 2.45) is 0 Å². The zero-order valence-corrected chi connectivity index (χ0v) is 12.6. The zero-order valence-electron chi connectivity index (χ0n) is 12.6. The highest BCUT2D eigenvalue weighted by molar-refractivity contribution is 5.58. The maximum absolute atomic E-state index is 9.54. The second kappa shape index (κ2) is 6.46. The zero-order chi connectivity index (χ0) is 14.7. The fourth-order valence-electron chi connectivity index (χ4n) is 3.04. The van der Waals surface area contributed by atoms with Gasteiger partial charge in [0.2, 0.25) is 0 Å². The minimum absolute atomic E-state index is 0.424. The smallest absolute Gasteiger partial charge is 0.158 e. The first-order chi connectivity index (χ1) is 10.2. The van der Waals surface area contributed by atoms with Gasteiger partial charge in [0, 0.05) is 5.56 Å². The van der Waals surface area contributed by atoms with Crippen LogP contribution in [-0.2, 0) is 6.54 Å². The van der Waals surface area contributed by atoms with Crippen molar-refractivity contribution in [3.05, 3.63) is 47.7 Å². The highest BCUT2D eigenvalue weighted by atomic mass is 16.3. The summed E-state index contributed by atoms with van der Waals surface area (Å²) in [6, 6.07) is 12.8. The van der Waals surface area contributed by atoms with Crippen molar-refractivity contribution < 1.29 is 14.8 Å². The van der Waals surface area contributed by atoms with Gasteiger partial charge in [-0.1, -0.05) is 24.3 Å². The fourth-order valence-corrected chi connectivity index (χ4v) is 3.04. The topological polar surface area (TPSA) is 50.0 Å². The quantitative estimate of drug-likeness (QED) is 0.887. The van der Waals surface area contributed by atoms with Crippen molar-refractivity contribution in [2.45, 2.75) is 51.3 Å². The van der Waals surface area contributed by atoms with E-state index in [9.17, 15) is 5.11 Å². The van der Waals surface area contributed by atoms with Gasteiger partial charge in [-0.3, -0.25) is 0 Å². The van der Waals surface area contributed by atoms with Crippen LogP contribution in [0, 0.1) is 0 Å². The van der Waals surface area contributed by atoms with Crippen LogP contribution in [0.1, 0.15) is 50.0 Å². The molecule has 112 valence electrons. The first kappa shape index (κ1) is 14.4. The second-order valence-corrected chi connectivity index (χ2v) is 6.05.